The number of ether oxygens (including phenoxy) is 2. The largest absolute Gasteiger partial charge is 0.497 e. The molecule has 0 spiro atoms. The van der Waals surface area contributed by atoms with Gasteiger partial charge in [0.05, 0.1) is 18.8 Å². The molecule has 1 amide bonds. The topological polar surface area (TPSA) is 56.6 Å². The lowest BCUT2D eigenvalue weighted by atomic mass is 10.2. The minimum Gasteiger partial charge on any atom is -0.497 e. The van der Waals surface area contributed by atoms with Crippen LogP contribution in [0.3, 0.4) is 0 Å². The molecule has 3 rings (SSSR count). The minimum atomic E-state index is 0.0303. The van der Waals surface area contributed by atoms with E-state index in [0.717, 1.165) is 28.6 Å². The highest BCUT2D eigenvalue weighted by atomic mass is 16.5. The van der Waals surface area contributed by atoms with Crippen molar-refractivity contribution in [3.63, 3.8) is 0 Å². The molecule has 1 heterocycles. The van der Waals surface area contributed by atoms with Crippen LogP contribution in [0.15, 0.2) is 54.7 Å². The number of carbonyl (C=O) groups is 1. The molecule has 6 heteroatoms. The molecule has 0 aliphatic rings. The van der Waals surface area contributed by atoms with Crippen molar-refractivity contribution in [1.29, 1.82) is 0 Å². The summed E-state index contributed by atoms with van der Waals surface area (Å²) < 4.78 is 12.2. The third-order valence-corrected chi connectivity index (χ3v) is 4.47. The van der Waals surface area contributed by atoms with Crippen molar-refractivity contribution >= 4 is 16.8 Å². The number of methoxy groups -OCH3 is 2. The normalized spacial score (nSPS) is 10.9. The molecule has 3 aromatic rings. The van der Waals surface area contributed by atoms with Crippen molar-refractivity contribution in [2.24, 2.45) is 0 Å². The van der Waals surface area contributed by atoms with Gasteiger partial charge in [-0.2, -0.15) is 5.10 Å². The van der Waals surface area contributed by atoms with Gasteiger partial charge in [0.2, 0.25) is 5.91 Å². The Labute approximate surface area is 159 Å². The van der Waals surface area contributed by atoms with Crippen LogP contribution in [0.5, 0.6) is 5.75 Å². The molecule has 0 aliphatic heterocycles. The van der Waals surface area contributed by atoms with Crippen LogP contribution in [0, 0.1) is 0 Å². The Morgan fingerprint density at radius 3 is 2.81 bits per heavy atom. The van der Waals surface area contributed by atoms with E-state index < -0.39 is 0 Å². The number of rotatable bonds is 9. The third-order valence-electron chi connectivity index (χ3n) is 4.47. The smallest absolute Gasteiger partial charge is 0.244 e. The fourth-order valence-electron chi connectivity index (χ4n) is 3.06. The summed E-state index contributed by atoms with van der Waals surface area (Å²) in [7, 11) is 3.31. The minimum absolute atomic E-state index is 0.0303. The maximum atomic E-state index is 13.0. The van der Waals surface area contributed by atoms with Gasteiger partial charge in [0.15, 0.2) is 0 Å². The first-order valence-electron chi connectivity index (χ1n) is 9.01. The number of aromatic nitrogens is 2. The van der Waals surface area contributed by atoms with E-state index in [2.05, 4.69) is 5.10 Å². The van der Waals surface area contributed by atoms with E-state index in [-0.39, 0.29) is 12.5 Å². The molecule has 0 aliphatic carbocycles. The highest BCUT2D eigenvalue weighted by Gasteiger charge is 2.16. The van der Waals surface area contributed by atoms with Gasteiger partial charge in [0.1, 0.15) is 12.3 Å². The molecule has 0 N–H and O–H groups in total. The molecule has 27 heavy (non-hydrogen) atoms. The lowest BCUT2D eigenvalue weighted by molar-refractivity contribution is -0.132. The maximum Gasteiger partial charge on any atom is 0.244 e. The zero-order valence-corrected chi connectivity index (χ0v) is 15.8. The number of nitrogens with zero attached hydrogens (tertiary/aromatic N) is 3. The Balaban J connectivity index is 1.75. The van der Waals surface area contributed by atoms with Crippen LogP contribution in [0.2, 0.25) is 0 Å². The standard InChI is InChI=1S/C21H25N3O3/c1-26-12-6-11-23(15-17-7-5-9-19(13-17)27-2)21(25)16-24-20-10-4-3-8-18(20)14-22-24/h3-5,7-10,13-14H,6,11-12,15-16H2,1-2H3. The lowest BCUT2D eigenvalue weighted by Gasteiger charge is -2.23. The Morgan fingerprint density at radius 1 is 1.15 bits per heavy atom. The van der Waals surface area contributed by atoms with Gasteiger partial charge in [0, 0.05) is 32.2 Å². The van der Waals surface area contributed by atoms with E-state index in [4.69, 9.17) is 9.47 Å². The molecule has 0 bridgehead atoms. The van der Waals surface area contributed by atoms with E-state index >= 15 is 0 Å². The maximum absolute atomic E-state index is 13.0. The molecule has 6 nitrogen and oxygen atoms in total. The number of fused-ring (bicyclic) bond motifs is 1. The summed E-state index contributed by atoms with van der Waals surface area (Å²) in [6.45, 7) is 1.99. The van der Waals surface area contributed by atoms with Crippen LogP contribution in [0.1, 0.15) is 12.0 Å². The first kappa shape index (κ1) is 18.9. The molecule has 0 radical (unpaired) electrons. The van der Waals surface area contributed by atoms with Crippen LogP contribution in [-0.2, 0) is 22.6 Å². The molecule has 1 aromatic heterocycles. The summed E-state index contributed by atoms with van der Waals surface area (Å²) in [4.78, 5) is 14.9. The molecule has 142 valence electrons. The molecule has 0 atom stereocenters. The van der Waals surface area contributed by atoms with E-state index in [1.165, 1.54) is 0 Å². The van der Waals surface area contributed by atoms with Gasteiger partial charge < -0.3 is 14.4 Å². The average molecular weight is 367 g/mol. The Bertz CT molecular complexity index is 891. The second kappa shape index (κ2) is 9.19. The van der Waals surface area contributed by atoms with Crippen LogP contribution in [0.25, 0.3) is 10.9 Å². The highest BCUT2D eigenvalue weighted by Crippen LogP contribution is 2.16. The Hall–Kier alpha value is -2.86. The molecular weight excluding hydrogens is 342 g/mol. The summed E-state index contributed by atoms with van der Waals surface area (Å²) >= 11 is 0. The van der Waals surface area contributed by atoms with Crippen molar-refractivity contribution in [2.75, 3.05) is 27.4 Å². The zero-order valence-electron chi connectivity index (χ0n) is 15.8. The van der Waals surface area contributed by atoms with Gasteiger partial charge in [-0.05, 0) is 30.2 Å². The lowest BCUT2D eigenvalue weighted by Crippen LogP contribution is -2.35. The molecule has 0 fully saturated rings. The van der Waals surface area contributed by atoms with Crippen molar-refractivity contribution in [2.45, 2.75) is 19.5 Å². The number of benzene rings is 2. The molecule has 0 unspecified atom stereocenters. The number of amides is 1. The van der Waals surface area contributed by atoms with E-state index in [0.29, 0.717) is 19.7 Å². The number of hydrogen-bond donors (Lipinski definition) is 0. The summed E-state index contributed by atoms with van der Waals surface area (Å²) in [5, 5.41) is 5.40. The van der Waals surface area contributed by atoms with Crippen LogP contribution in [0.4, 0.5) is 0 Å². The van der Waals surface area contributed by atoms with E-state index in [1.807, 2.05) is 53.4 Å². The Morgan fingerprint density at radius 2 is 2.00 bits per heavy atom. The zero-order chi connectivity index (χ0) is 19.1. The predicted octanol–water partition coefficient (Wildman–Crippen LogP) is 3.11. The Kier molecular flexibility index (Phi) is 6.44. The molecule has 0 saturated heterocycles. The van der Waals surface area contributed by atoms with E-state index in [1.54, 1.807) is 25.1 Å². The molecule has 2 aromatic carbocycles. The first-order valence-corrected chi connectivity index (χ1v) is 9.01. The van der Waals surface area contributed by atoms with Crippen molar-refractivity contribution < 1.29 is 14.3 Å². The van der Waals surface area contributed by atoms with E-state index in [9.17, 15) is 4.79 Å². The van der Waals surface area contributed by atoms with Crippen LogP contribution < -0.4 is 4.74 Å². The van der Waals surface area contributed by atoms with Gasteiger partial charge in [0.25, 0.3) is 0 Å². The SMILES string of the molecule is COCCCN(Cc1cccc(OC)c1)C(=O)Cn1ncc2ccccc21. The monoisotopic (exact) mass is 367 g/mol. The summed E-state index contributed by atoms with van der Waals surface area (Å²) in [6, 6.07) is 15.7. The summed E-state index contributed by atoms with van der Waals surface area (Å²) in [5.41, 5.74) is 1.99. The van der Waals surface area contributed by atoms with Crippen molar-refractivity contribution in [3.05, 3.63) is 60.3 Å². The van der Waals surface area contributed by atoms with Crippen molar-refractivity contribution in [1.82, 2.24) is 14.7 Å². The van der Waals surface area contributed by atoms with Gasteiger partial charge in [-0.15, -0.1) is 0 Å². The van der Waals surface area contributed by atoms with Gasteiger partial charge in [-0.25, -0.2) is 0 Å². The quantitative estimate of drug-likeness (QED) is 0.545. The van der Waals surface area contributed by atoms with Crippen LogP contribution >= 0.6 is 0 Å². The van der Waals surface area contributed by atoms with Gasteiger partial charge >= 0.3 is 0 Å². The average Bonchev–Trinajstić information content (AvgIpc) is 3.10. The van der Waals surface area contributed by atoms with Gasteiger partial charge in [-0.1, -0.05) is 30.3 Å². The number of hydrogen-bond acceptors (Lipinski definition) is 4. The highest BCUT2D eigenvalue weighted by molar-refractivity contribution is 5.82. The third kappa shape index (κ3) is 4.86. The van der Waals surface area contributed by atoms with Crippen molar-refractivity contribution in [3.8, 4) is 5.75 Å². The van der Waals surface area contributed by atoms with Gasteiger partial charge in [-0.3, -0.25) is 9.48 Å². The second-order valence-corrected chi connectivity index (χ2v) is 6.37. The fourth-order valence-corrected chi connectivity index (χ4v) is 3.06. The number of carbonyl (C=O) groups excluding carboxylic acids is 1. The van der Waals surface area contributed by atoms with Crippen LogP contribution in [-0.4, -0.2) is 48.0 Å². The molecule has 0 saturated carbocycles. The molecular formula is C21H25N3O3. The second-order valence-electron chi connectivity index (χ2n) is 6.37. The fraction of sp³-hybridized carbons (Fsp3) is 0.333. The summed E-state index contributed by atoms with van der Waals surface area (Å²) in [6.07, 6.45) is 2.58. The first-order chi connectivity index (χ1) is 13.2. The number of para-hydroxylation sites is 1. The predicted molar refractivity (Wildman–Crippen MR) is 105 cm³/mol. The summed E-state index contributed by atoms with van der Waals surface area (Å²) in [5.74, 6) is 0.817.